The number of aliphatic hydroxyl groups excluding tert-OH is 1. The molecule has 6 heteroatoms. The van der Waals surface area contributed by atoms with Crippen LogP contribution in [0.5, 0.6) is 0 Å². The van der Waals surface area contributed by atoms with E-state index in [2.05, 4.69) is 20.4 Å². The first-order valence-electron chi connectivity index (χ1n) is 5.24. The second-order valence-corrected chi connectivity index (χ2v) is 3.60. The Morgan fingerprint density at radius 2 is 2.20 bits per heavy atom. The third kappa shape index (κ3) is 2.98. The molecule has 6 nitrogen and oxygen atoms in total. The Morgan fingerprint density at radius 3 is 2.93 bits per heavy atom. The lowest BCUT2D eigenvalue weighted by molar-refractivity contribution is 0.203. The van der Waals surface area contributed by atoms with Gasteiger partial charge >= 0.3 is 0 Å². The first kappa shape index (κ1) is 10.5. The van der Waals surface area contributed by atoms with Crippen LogP contribution in [0.15, 0.2) is 4.52 Å². The monoisotopic (exact) mass is 212 g/mol. The van der Waals surface area contributed by atoms with Crippen molar-refractivity contribution in [3.8, 4) is 0 Å². The molecule has 0 spiro atoms. The smallest absolute Gasteiger partial charge is 0.240 e. The zero-order chi connectivity index (χ0) is 10.5. The van der Waals surface area contributed by atoms with E-state index in [9.17, 15) is 0 Å². The summed E-state index contributed by atoms with van der Waals surface area (Å²) in [6.45, 7) is 4.82. The normalized spacial score (nSPS) is 18.2. The zero-order valence-electron chi connectivity index (χ0n) is 8.65. The number of aromatic nitrogens is 2. The standard InChI is InChI=1S/C9H16N4O2/c14-6-1-8-11-9(15-12-8)7-13-4-2-10-3-5-13/h10,14H,1-7H2. The summed E-state index contributed by atoms with van der Waals surface area (Å²) in [6, 6.07) is 0. The van der Waals surface area contributed by atoms with Crippen molar-refractivity contribution in [2.75, 3.05) is 32.8 Å². The number of nitrogens with one attached hydrogen (secondary N) is 1. The Labute approximate surface area is 88.3 Å². The van der Waals surface area contributed by atoms with E-state index >= 15 is 0 Å². The van der Waals surface area contributed by atoms with Gasteiger partial charge in [-0.05, 0) is 0 Å². The van der Waals surface area contributed by atoms with Crippen molar-refractivity contribution in [3.63, 3.8) is 0 Å². The van der Waals surface area contributed by atoms with Gasteiger partial charge in [0.05, 0.1) is 13.2 Å². The van der Waals surface area contributed by atoms with Gasteiger partial charge in [0.15, 0.2) is 5.82 Å². The van der Waals surface area contributed by atoms with Gasteiger partial charge in [0.25, 0.3) is 0 Å². The molecule has 1 aromatic heterocycles. The topological polar surface area (TPSA) is 74.4 Å². The third-order valence-corrected chi connectivity index (χ3v) is 2.41. The molecule has 0 aromatic carbocycles. The molecule has 0 unspecified atom stereocenters. The van der Waals surface area contributed by atoms with Crippen molar-refractivity contribution < 1.29 is 9.63 Å². The molecule has 15 heavy (non-hydrogen) atoms. The lowest BCUT2D eigenvalue weighted by atomic mass is 10.3. The summed E-state index contributed by atoms with van der Waals surface area (Å²) in [5.74, 6) is 1.22. The molecule has 1 saturated heterocycles. The fourth-order valence-corrected chi connectivity index (χ4v) is 1.62. The first-order chi connectivity index (χ1) is 7.38. The number of hydrogen-bond donors (Lipinski definition) is 2. The molecule has 1 aliphatic heterocycles. The summed E-state index contributed by atoms with van der Waals surface area (Å²) < 4.78 is 5.09. The van der Waals surface area contributed by atoms with Gasteiger partial charge in [-0.3, -0.25) is 4.90 Å². The van der Waals surface area contributed by atoms with Crippen LogP contribution < -0.4 is 5.32 Å². The van der Waals surface area contributed by atoms with E-state index in [4.69, 9.17) is 9.63 Å². The van der Waals surface area contributed by atoms with E-state index in [1.807, 2.05) is 0 Å². The van der Waals surface area contributed by atoms with Crippen molar-refractivity contribution >= 4 is 0 Å². The van der Waals surface area contributed by atoms with Gasteiger partial charge in [-0.15, -0.1) is 0 Å². The predicted molar refractivity (Wildman–Crippen MR) is 53.2 cm³/mol. The van der Waals surface area contributed by atoms with Crippen LogP contribution in [0.4, 0.5) is 0 Å². The van der Waals surface area contributed by atoms with Crippen LogP contribution in [0.25, 0.3) is 0 Å². The average Bonchev–Trinajstić information content (AvgIpc) is 2.68. The molecule has 0 aliphatic carbocycles. The average molecular weight is 212 g/mol. The van der Waals surface area contributed by atoms with Gasteiger partial charge in [0.2, 0.25) is 5.89 Å². The fourth-order valence-electron chi connectivity index (χ4n) is 1.62. The minimum Gasteiger partial charge on any atom is -0.396 e. The molecule has 0 amide bonds. The Kier molecular flexibility index (Phi) is 3.65. The van der Waals surface area contributed by atoms with Crippen LogP contribution in [-0.2, 0) is 13.0 Å². The number of rotatable bonds is 4. The Balaban J connectivity index is 1.86. The van der Waals surface area contributed by atoms with Crippen molar-refractivity contribution in [1.82, 2.24) is 20.4 Å². The quantitative estimate of drug-likeness (QED) is 0.667. The molecule has 0 radical (unpaired) electrons. The lowest BCUT2D eigenvalue weighted by Crippen LogP contribution is -2.42. The van der Waals surface area contributed by atoms with E-state index in [0.717, 1.165) is 26.2 Å². The Bertz CT molecular complexity index is 296. The molecule has 0 bridgehead atoms. The van der Waals surface area contributed by atoms with E-state index in [0.29, 0.717) is 24.7 Å². The van der Waals surface area contributed by atoms with Gasteiger partial charge in [-0.25, -0.2) is 0 Å². The van der Waals surface area contributed by atoms with Crippen molar-refractivity contribution in [2.45, 2.75) is 13.0 Å². The Morgan fingerprint density at radius 1 is 1.40 bits per heavy atom. The summed E-state index contributed by atoms with van der Waals surface area (Å²) in [4.78, 5) is 6.46. The largest absolute Gasteiger partial charge is 0.396 e. The van der Waals surface area contributed by atoms with Gasteiger partial charge in [-0.1, -0.05) is 5.16 Å². The highest BCUT2D eigenvalue weighted by atomic mass is 16.5. The van der Waals surface area contributed by atoms with Crippen molar-refractivity contribution in [1.29, 1.82) is 0 Å². The van der Waals surface area contributed by atoms with Crippen LogP contribution in [0.2, 0.25) is 0 Å². The molecular weight excluding hydrogens is 196 g/mol. The van der Waals surface area contributed by atoms with Crippen LogP contribution in [0.3, 0.4) is 0 Å². The summed E-state index contributed by atoms with van der Waals surface area (Å²) in [5.41, 5.74) is 0. The van der Waals surface area contributed by atoms with Crippen LogP contribution in [0, 0.1) is 0 Å². The molecule has 2 rings (SSSR count). The number of piperazine rings is 1. The highest BCUT2D eigenvalue weighted by molar-refractivity contribution is 4.87. The van der Waals surface area contributed by atoms with Crippen molar-refractivity contribution in [3.05, 3.63) is 11.7 Å². The van der Waals surface area contributed by atoms with E-state index in [1.54, 1.807) is 0 Å². The van der Waals surface area contributed by atoms with Crippen molar-refractivity contribution in [2.24, 2.45) is 0 Å². The summed E-state index contributed by atoms with van der Waals surface area (Å²) in [7, 11) is 0. The fraction of sp³-hybridized carbons (Fsp3) is 0.778. The van der Waals surface area contributed by atoms with Crippen LogP contribution >= 0.6 is 0 Å². The molecule has 1 fully saturated rings. The summed E-state index contributed by atoms with van der Waals surface area (Å²) in [6.07, 6.45) is 0.463. The second kappa shape index (κ2) is 5.20. The van der Waals surface area contributed by atoms with Gasteiger partial charge < -0.3 is 14.9 Å². The molecular formula is C9H16N4O2. The van der Waals surface area contributed by atoms with E-state index in [1.165, 1.54) is 0 Å². The molecule has 0 saturated carbocycles. The summed E-state index contributed by atoms with van der Waals surface area (Å²) in [5, 5.41) is 15.8. The first-order valence-corrected chi connectivity index (χ1v) is 5.24. The van der Waals surface area contributed by atoms with Crippen LogP contribution in [-0.4, -0.2) is 52.9 Å². The van der Waals surface area contributed by atoms with E-state index < -0.39 is 0 Å². The van der Waals surface area contributed by atoms with Gasteiger partial charge in [0, 0.05) is 32.6 Å². The molecule has 84 valence electrons. The minimum absolute atomic E-state index is 0.0621. The molecule has 1 aromatic rings. The highest BCUT2D eigenvalue weighted by Gasteiger charge is 2.13. The van der Waals surface area contributed by atoms with Gasteiger partial charge in [-0.2, -0.15) is 4.98 Å². The number of nitrogens with zero attached hydrogens (tertiary/aromatic N) is 3. The maximum absolute atomic E-state index is 8.71. The molecule has 1 aliphatic rings. The number of aliphatic hydroxyl groups is 1. The second-order valence-electron chi connectivity index (χ2n) is 3.60. The minimum atomic E-state index is 0.0621. The predicted octanol–water partition coefficient (Wildman–Crippen LogP) is -0.990. The highest BCUT2D eigenvalue weighted by Crippen LogP contribution is 2.03. The maximum Gasteiger partial charge on any atom is 0.240 e. The van der Waals surface area contributed by atoms with Gasteiger partial charge in [0.1, 0.15) is 0 Å². The summed E-state index contributed by atoms with van der Waals surface area (Å²) >= 11 is 0. The zero-order valence-corrected chi connectivity index (χ0v) is 8.65. The molecule has 2 heterocycles. The number of hydrogen-bond acceptors (Lipinski definition) is 6. The third-order valence-electron chi connectivity index (χ3n) is 2.41. The molecule has 0 atom stereocenters. The molecule has 2 N–H and O–H groups in total. The Hall–Kier alpha value is -0.980. The maximum atomic E-state index is 8.71. The van der Waals surface area contributed by atoms with E-state index in [-0.39, 0.29) is 6.61 Å². The van der Waals surface area contributed by atoms with Crippen LogP contribution in [0.1, 0.15) is 11.7 Å². The lowest BCUT2D eigenvalue weighted by Gasteiger charge is -2.25. The SMILES string of the molecule is OCCc1noc(CN2CCNCC2)n1.